The molecule has 4 nitrogen and oxygen atoms in total. The van der Waals surface area contributed by atoms with E-state index in [1.807, 2.05) is 48.5 Å². The molecule has 0 amide bonds. The van der Waals surface area contributed by atoms with Gasteiger partial charge in [0.05, 0.1) is 11.6 Å². The maximum absolute atomic E-state index is 9.35. The molecule has 8 aromatic carbocycles. The highest BCUT2D eigenvalue weighted by Crippen LogP contribution is 2.66. The van der Waals surface area contributed by atoms with E-state index >= 15 is 0 Å². The highest BCUT2D eigenvalue weighted by Gasteiger charge is 2.58. The molecule has 4 bridgehead atoms. The topological polar surface area (TPSA) is 62.5 Å². The van der Waals surface area contributed by atoms with Crippen LogP contribution < -0.4 is 0 Å². The van der Waals surface area contributed by atoms with E-state index in [-0.39, 0.29) is 10.8 Å². The SMILES string of the molecule is N#Cc1ccc2cc(-c3ccc(C45CC6CC(C4)CC(c4ccc(-c7ccc8c(-c9nc(-c%10ccccc%10)nc(-c%10ccccc%10)n9)cccc8c7)cc4)(C6)C5)cc3)ccc2c1. The van der Waals surface area contributed by atoms with Crippen LogP contribution in [0.5, 0.6) is 0 Å². The molecule has 2 unspecified atom stereocenters. The molecule has 1 heterocycles. The number of aromatic nitrogens is 3. The fourth-order valence-electron chi connectivity index (χ4n) is 12.1. The molecule has 0 radical (unpaired) electrons. The zero-order chi connectivity index (χ0) is 41.3. The lowest BCUT2D eigenvalue weighted by Gasteiger charge is -2.63. The first-order valence-electron chi connectivity index (χ1n) is 22.1. The minimum Gasteiger partial charge on any atom is -0.208 e. The lowest BCUT2D eigenvalue weighted by molar-refractivity contribution is -0.0281. The van der Waals surface area contributed by atoms with E-state index in [0.717, 1.165) is 44.7 Å². The fraction of sp³-hybridized carbons (Fsp3) is 0.172. The monoisotopic (exact) mass is 796 g/mol. The van der Waals surface area contributed by atoms with Crippen molar-refractivity contribution >= 4 is 21.5 Å². The molecule has 62 heavy (non-hydrogen) atoms. The van der Waals surface area contributed by atoms with Gasteiger partial charge in [0.25, 0.3) is 0 Å². The van der Waals surface area contributed by atoms with E-state index in [2.05, 4.69) is 140 Å². The Labute approximate surface area is 362 Å². The van der Waals surface area contributed by atoms with Gasteiger partial charge in [0, 0.05) is 16.7 Å². The van der Waals surface area contributed by atoms with Gasteiger partial charge in [-0.3, -0.25) is 0 Å². The molecule has 4 saturated carbocycles. The molecule has 4 heteroatoms. The first kappa shape index (κ1) is 36.6. The summed E-state index contributed by atoms with van der Waals surface area (Å²) in [6, 6.07) is 67.6. The van der Waals surface area contributed by atoms with E-state index in [1.54, 1.807) is 0 Å². The highest BCUT2D eigenvalue weighted by atomic mass is 15.0. The molecule has 4 fully saturated rings. The van der Waals surface area contributed by atoms with Crippen LogP contribution in [0.4, 0.5) is 0 Å². The lowest BCUT2D eigenvalue weighted by atomic mass is 9.41. The Hall–Kier alpha value is -7.22. The summed E-state index contributed by atoms with van der Waals surface area (Å²) < 4.78 is 0. The number of fused-ring (bicyclic) bond motifs is 2. The Bertz CT molecular complexity index is 3130. The summed E-state index contributed by atoms with van der Waals surface area (Å²) in [4.78, 5) is 15.0. The number of nitriles is 1. The van der Waals surface area contributed by atoms with Gasteiger partial charge in [-0.05, 0) is 140 Å². The van der Waals surface area contributed by atoms with Crippen LogP contribution in [0.25, 0.3) is 78.0 Å². The van der Waals surface area contributed by atoms with E-state index in [1.165, 1.54) is 77.3 Å². The second kappa shape index (κ2) is 14.5. The predicted molar refractivity (Wildman–Crippen MR) is 251 cm³/mol. The van der Waals surface area contributed by atoms with Crippen LogP contribution in [0.3, 0.4) is 0 Å². The van der Waals surface area contributed by atoms with Gasteiger partial charge < -0.3 is 0 Å². The summed E-state index contributed by atoms with van der Waals surface area (Å²) in [5.41, 5.74) is 12.1. The van der Waals surface area contributed by atoms with E-state index < -0.39 is 0 Å². The zero-order valence-corrected chi connectivity index (χ0v) is 34.5. The summed E-state index contributed by atoms with van der Waals surface area (Å²) in [6.07, 6.45) is 7.85. The number of hydrogen-bond donors (Lipinski definition) is 0. The molecule has 296 valence electrons. The van der Waals surface area contributed by atoms with Crippen molar-refractivity contribution in [3.8, 4) is 62.5 Å². The Morgan fingerprint density at radius 1 is 0.419 bits per heavy atom. The number of rotatable bonds is 7. The predicted octanol–water partition coefficient (Wildman–Crippen LogP) is 14.2. The average Bonchev–Trinajstić information content (AvgIpc) is 3.33. The summed E-state index contributed by atoms with van der Waals surface area (Å²) in [5.74, 6) is 3.56. The Kier molecular flexibility index (Phi) is 8.54. The summed E-state index contributed by atoms with van der Waals surface area (Å²) in [5, 5.41) is 13.9. The van der Waals surface area contributed by atoms with Gasteiger partial charge in [-0.15, -0.1) is 0 Å². The second-order valence-electron chi connectivity index (χ2n) is 18.3. The van der Waals surface area contributed by atoms with Gasteiger partial charge in [0.1, 0.15) is 0 Å². The molecule has 1 aromatic heterocycles. The van der Waals surface area contributed by atoms with Crippen LogP contribution >= 0.6 is 0 Å². The normalized spacial score (nSPS) is 21.3. The molecular weight excluding hydrogens is 753 g/mol. The molecule has 0 aliphatic heterocycles. The summed E-state index contributed by atoms with van der Waals surface area (Å²) >= 11 is 0. The maximum Gasteiger partial charge on any atom is 0.164 e. The van der Waals surface area contributed by atoms with Crippen LogP contribution in [-0.4, -0.2) is 15.0 Å². The maximum atomic E-state index is 9.35. The first-order valence-corrected chi connectivity index (χ1v) is 22.1. The molecule has 0 saturated heterocycles. The van der Waals surface area contributed by atoms with Crippen molar-refractivity contribution in [2.24, 2.45) is 11.8 Å². The zero-order valence-electron chi connectivity index (χ0n) is 34.5. The standard InChI is InChI=1S/C58H44N4/c59-36-38-14-15-48-30-46(17-16-45(48)29-38)41-18-23-50(24-19-41)57-32-39-28-40(33-57)35-58(34-39,37-57)51-25-20-42(21-26-51)47-22-27-52-49(31-47)12-7-13-53(52)56-61-54(43-8-3-1-4-9-43)60-55(62-56)44-10-5-2-6-11-44/h1-27,29-31,39-40H,28,32-35,37H2. The van der Waals surface area contributed by atoms with Crippen molar-refractivity contribution in [1.29, 1.82) is 5.26 Å². The van der Waals surface area contributed by atoms with Crippen molar-refractivity contribution in [2.45, 2.75) is 49.4 Å². The molecule has 13 rings (SSSR count). The summed E-state index contributed by atoms with van der Waals surface area (Å²) in [6.45, 7) is 0. The highest BCUT2D eigenvalue weighted by molar-refractivity contribution is 5.97. The smallest absolute Gasteiger partial charge is 0.164 e. The van der Waals surface area contributed by atoms with Crippen molar-refractivity contribution < 1.29 is 0 Å². The van der Waals surface area contributed by atoms with Crippen LogP contribution in [0.2, 0.25) is 0 Å². The van der Waals surface area contributed by atoms with Gasteiger partial charge in [0.2, 0.25) is 0 Å². The Balaban J connectivity index is 0.831. The van der Waals surface area contributed by atoms with Crippen LogP contribution in [0, 0.1) is 23.2 Å². The molecule has 9 aromatic rings. The van der Waals surface area contributed by atoms with Gasteiger partial charge in [-0.1, -0.05) is 158 Å². The van der Waals surface area contributed by atoms with E-state index in [0.29, 0.717) is 23.0 Å². The third kappa shape index (κ3) is 6.31. The van der Waals surface area contributed by atoms with Crippen molar-refractivity contribution in [3.05, 3.63) is 199 Å². The molecule has 0 N–H and O–H groups in total. The van der Waals surface area contributed by atoms with Crippen LogP contribution in [0.15, 0.2) is 182 Å². The molecule has 0 spiro atoms. The second-order valence-corrected chi connectivity index (χ2v) is 18.3. The van der Waals surface area contributed by atoms with Gasteiger partial charge in [-0.25, -0.2) is 15.0 Å². The third-order valence-corrected chi connectivity index (χ3v) is 14.5. The van der Waals surface area contributed by atoms with Crippen LogP contribution in [0.1, 0.15) is 55.2 Å². The Morgan fingerprint density at radius 2 is 0.919 bits per heavy atom. The van der Waals surface area contributed by atoms with Gasteiger partial charge in [0.15, 0.2) is 17.5 Å². The van der Waals surface area contributed by atoms with E-state index in [9.17, 15) is 5.26 Å². The minimum absolute atomic E-state index is 0.224. The third-order valence-electron chi connectivity index (χ3n) is 14.5. The average molecular weight is 797 g/mol. The van der Waals surface area contributed by atoms with Crippen molar-refractivity contribution in [3.63, 3.8) is 0 Å². The molecule has 4 aliphatic carbocycles. The van der Waals surface area contributed by atoms with Gasteiger partial charge >= 0.3 is 0 Å². The summed E-state index contributed by atoms with van der Waals surface area (Å²) in [7, 11) is 0. The van der Waals surface area contributed by atoms with Crippen molar-refractivity contribution in [2.75, 3.05) is 0 Å². The fourth-order valence-corrected chi connectivity index (χ4v) is 12.1. The Morgan fingerprint density at radius 3 is 1.50 bits per heavy atom. The van der Waals surface area contributed by atoms with Gasteiger partial charge in [-0.2, -0.15) is 5.26 Å². The van der Waals surface area contributed by atoms with E-state index in [4.69, 9.17) is 15.0 Å². The number of benzene rings is 8. The molecular formula is C58H44N4. The molecule has 4 aliphatic rings. The minimum atomic E-state index is 0.224. The lowest BCUT2D eigenvalue weighted by Crippen LogP contribution is -2.55. The first-order chi connectivity index (χ1) is 30.5. The molecule has 2 atom stereocenters. The van der Waals surface area contributed by atoms with Crippen molar-refractivity contribution in [1.82, 2.24) is 15.0 Å². The largest absolute Gasteiger partial charge is 0.208 e. The quantitative estimate of drug-likeness (QED) is 0.161. The number of nitrogens with zero attached hydrogens (tertiary/aromatic N) is 4. The number of hydrogen-bond acceptors (Lipinski definition) is 4. The van der Waals surface area contributed by atoms with Crippen LogP contribution in [-0.2, 0) is 10.8 Å².